The number of rotatable bonds is 6. The van der Waals surface area contributed by atoms with E-state index in [4.69, 9.17) is 19.7 Å². The molecule has 3 N–H and O–H groups in total. The summed E-state index contributed by atoms with van der Waals surface area (Å²) < 4.78 is 5.02. The van der Waals surface area contributed by atoms with Gasteiger partial charge < -0.3 is 20.3 Å². The van der Waals surface area contributed by atoms with E-state index < -0.39 is 5.60 Å². The third-order valence-electron chi connectivity index (χ3n) is 11.8. The van der Waals surface area contributed by atoms with Crippen LogP contribution in [0.1, 0.15) is 99.3 Å². The Hall–Kier alpha value is -4.04. The molecule has 0 radical (unpaired) electrons. The SMILES string of the molecule is CCC1=C(C)C2=NC1=CC1=C(C)C3=C(O)CC(=C4NC(=CC5=NC(=C2)C(C(C)(O)C2CCCCC2)=C5C)[C@@H](C)[C@@H]4CCC(=O)OC)C3=N1. The molecule has 0 amide bonds. The first kappa shape index (κ1) is 32.5. The molecule has 1 saturated heterocycles. The second-order valence-corrected chi connectivity index (χ2v) is 14.6. The quantitative estimate of drug-likeness (QED) is 0.253. The van der Waals surface area contributed by atoms with Crippen LogP contribution in [-0.4, -0.2) is 46.0 Å². The van der Waals surface area contributed by atoms with Crippen LogP contribution >= 0.6 is 0 Å². The first-order chi connectivity index (χ1) is 22.9. The Labute approximate surface area is 284 Å². The number of esters is 1. The smallest absolute Gasteiger partial charge is 0.305 e. The van der Waals surface area contributed by atoms with Crippen molar-refractivity contribution in [3.05, 3.63) is 91.5 Å². The highest BCUT2D eigenvalue weighted by Gasteiger charge is 2.44. The van der Waals surface area contributed by atoms with E-state index in [1.807, 2.05) is 13.8 Å². The van der Waals surface area contributed by atoms with Crippen LogP contribution in [0.4, 0.5) is 0 Å². The van der Waals surface area contributed by atoms with Gasteiger partial charge in [-0.15, -0.1) is 0 Å². The van der Waals surface area contributed by atoms with Crippen molar-refractivity contribution in [3.63, 3.8) is 0 Å². The van der Waals surface area contributed by atoms with Crippen molar-refractivity contribution in [2.75, 3.05) is 7.11 Å². The van der Waals surface area contributed by atoms with Gasteiger partial charge in [-0.1, -0.05) is 33.1 Å². The van der Waals surface area contributed by atoms with Gasteiger partial charge in [-0.3, -0.25) is 4.79 Å². The van der Waals surface area contributed by atoms with Gasteiger partial charge in [0.15, 0.2) is 0 Å². The van der Waals surface area contributed by atoms with E-state index in [9.17, 15) is 15.0 Å². The first-order valence-corrected chi connectivity index (χ1v) is 17.7. The summed E-state index contributed by atoms with van der Waals surface area (Å²) in [4.78, 5) is 27.9. The molecule has 5 aliphatic heterocycles. The van der Waals surface area contributed by atoms with E-state index in [1.165, 1.54) is 13.5 Å². The van der Waals surface area contributed by atoms with Crippen LogP contribution in [0.15, 0.2) is 106 Å². The third-order valence-corrected chi connectivity index (χ3v) is 11.8. The fourth-order valence-electron chi connectivity index (χ4n) is 8.99. The number of aliphatic hydroxyl groups is 2. The van der Waals surface area contributed by atoms with E-state index >= 15 is 0 Å². The van der Waals surface area contributed by atoms with Crippen LogP contribution in [0.3, 0.4) is 0 Å². The highest BCUT2D eigenvalue weighted by Crippen LogP contribution is 2.48. The van der Waals surface area contributed by atoms with Crippen molar-refractivity contribution in [1.29, 1.82) is 0 Å². The van der Waals surface area contributed by atoms with Gasteiger partial charge in [0.05, 0.1) is 46.9 Å². The zero-order valence-corrected chi connectivity index (χ0v) is 29.4. The molecule has 0 aromatic carbocycles. The molecule has 48 heavy (non-hydrogen) atoms. The fourth-order valence-corrected chi connectivity index (χ4v) is 8.99. The largest absolute Gasteiger partial charge is 0.511 e. The first-order valence-electron chi connectivity index (χ1n) is 17.7. The van der Waals surface area contributed by atoms with Crippen LogP contribution in [0, 0.1) is 17.8 Å². The summed E-state index contributed by atoms with van der Waals surface area (Å²) >= 11 is 0. The maximum Gasteiger partial charge on any atom is 0.305 e. The zero-order valence-electron chi connectivity index (χ0n) is 29.4. The molecule has 7 aliphatic rings. The number of aliphatic imine (C=N–C) groups is 3. The standard InChI is InChI=1S/C40H48N4O4/c1-8-25-20(2)28-19-33-37(40(6,47)24-12-10-9-11-13-24)23(5)31(42-33)17-29-21(3)26(14-15-35(46)48-7)38(43-29)27-16-34(45)36-22(4)30(44-39(27)36)18-32(25)41-28/h17-19,21,24,26,43,45,47H,8-16H2,1-7H3/t21-,26-,40?/m0/s1. The zero-order chi connectivity index (χ0) is 34.1. The minimum atomic E-state index is -1.04. The molecule has 252 valence electrons. The van der Waals surface area contributed by atoms with E-state index in [1.54, 1.807) is 0 Å². The van der Waals surface area contributed by atoms with Crippen molar-refractivity contribution in [3.8, 4) is 0 Å². The Bertz CT molecular complexity index is 1860. The normalized spacial score (nSPS) is 26.8. The topological polar surface area (TPSA) is 116 Å². The molecule has 2 fully saturated rings. The molecule has 8 heteroatoms. The van der Waals surface area contributed by atoms with E-state index in [0.717, 1.165) is 117 Å². The lowest BCUT2D eigenvalue weighted by atomic mass is 9.72. The number of hydrogen-bond donors (Lipinski definition) is 3. The highest BCUT2D eigenvalue weighted by molar-refractivity contribution is 6.21. The van der Waals surface area contributed by atoms with Gasteiger partial charge in [0.2, 0.25) is 0 Å². The number of aliphatic hydroxyl groups excluding tert-OH is 1. The van der Waals surface area contributed by atoms with E-state index in [2.05, 4.69) is 51.2 Å². The number of ether oxygens (including phenoxy) is 1. The lowest BCUT2D eigenvalue weighted by Gasteiger charge is -2.37. The maximum atomic E-state index is 12.4. The summed E-state index contributed by atoms with van der Waals surface area (Å²) in [7, 11) is 1.43. The Morgan fingerprint density at radius 2 is 1.71 bits per heavy atom. The second kappa shape index (κ2) is 12.1. The molecule has 0 spiro atoms. The molecule has 3 atom stereocenters. The average molecular weight is 649 g/mol. The monoisotopic (exact) mass is 648 g/mol. The molecule has 5 heterocycles. The summed E-state index contributed by atoms with van der Waals surface area (Å²) in [6, 6.07) is 0. The Kier molecular flexibility index (Phi) is 8.22. The molecule has 8 nitrogen and oxygen atoms in total. The predicted molar refractivity (Wildman–Crippen MR) is 190 cm³/mol. The van der Waals surface area contributed by atoms with E-state index in [0.29, 0.717) is 18.6 Å². The summed E-state index contributed by atoms with van der Waals surface area (Å²) in [5.74, 6) is 0.266. The minimum absolute atomic E-state index is 0.0106. The predicted octanol–water partition coefficient (Wildman–Crippen LogP) is 7.94. The Morgan fingerprint density at radius 3 is 2.42 bits per heavy atom. The van der Waals surface area contributed by atoms with Crippen molar-refractivity contribution >= 4 is 23.1 Å². The lowest BCUT2D eigenvalue weighted by Crippen LogP contribution is -2.38. The summed E-state index contributed by atoms with van der Waals surface area (Å²) in [6.07, 6.45) is 13.8. The number of allylic oxidation sites excluding steroid dienone is 11. The van der Waals surface area contributed by atoms with Crippen LogP contribution in [0.5, 0.6) is 0 Å². The molecule has 7 rings (SSSR count). The summed E-state index contributed by atoms with van der Waals surface area (Å²) in [5, 5.41) is 27.5. The average Bonchev–Trinajstić information content (AvgIpc) is 3.82. The van der Waals surface area contributed by atoms with Crippen LogP contribution < -0.4 is 5.32 Å². The van der Waals surface area contributed by atoms with Gasteiger partial charge in [0.25, 0.3) is 0 Å². The molecule has 1 unspecified atom stereocenters. The van der Waals surface area contributed by atoms with Gasteiger partial charge in [-0.2, -0.15) is 0 Å². The van der Waals surface area contributed by atoms with E-state index in [-0.39, 0.29) is 30.1 Å². The number of fused-ring (bicyclic) bond motifs is 5. The van der Waals surface area contributed by atoms with Gasteiger partial charge in [-0.25, -0.2) is 15.0 Å². The number of nitrogens with one attached hydrogen (secondary N) is 1. The van der Waals surface area contributed by atoms with Crippen LogP contribution in [-0.2, 0) is 9.53 Å². The number of carbonyl (C=O) groups is 1. The van der Waals surface area contributed by atoms with Crippen LogP contribution in [0.25, 0.3) is 0 Å². The molecule has 2 aliphatic carbocycles. The Balaban J connectivity index is 1.45. The van der Waals surface area contributed by atoms with Gasteiger partial charge in [0, 0.05) is 52.8 Å². The van der Waals surface area contributed by atoms with Gasteiger partial charge in [0.1, 0.15) is 5.76 Å². The molecule has 0 aromatic heterocycles. The maximum absolute atomic E-state index is 12.4. The van der Waals surface area contributed by atoms with Crippen molar-refractivity contribution in [2.24, 2.45) is 32.7 Å². The molecular weight excluding hydrogens is 600 g/mol. The highest BCUT2D eigenvalue weighted by atomic mass is 16.5. The summed E-state index contributed by atoms with van der Waals surface area (Å²) in [6.45, 7) is 12.5. The lowest BCUT2D eigenvalue weighted by molar-refractivity contribution is -0.140. The van der Waals surface area contributed by atoms with Crippen molar-refractivity contribution in [2.45, 2.75) is 105 Å². The second-order valence-electron chi connectivity index (χ2n) is 14.6. The number of nitrogens with zero attached hydrogens (tertiary/aromatic N) is 3. The number of methoxy groups -OCH3 is 1. The molecular formula is C40H48N4O4. The van der Waals surface area contributed by atoms with Crippen LogP contribution in [0.2, 0.25) is 0 Å². The molecule has 8 bridgehead atoms. The molecule has 1 saturated carbocycles. The van der Waals surface area contributed by atoms with Gasteiger partial charge in [-0.05, 0) is 99.8 Å². The fraction of sp³-hybridized carbons (Fsp3) is 0.500. The van der Waals surface area contributed by atoms with Crippen molar-refractivity contribution in [1.82, 2.24) is 5.32 Å². The summed E-state index contributed by atoms with van der Waals surface area (Å²) in [5.41, 5.74) is 12.7. The molecule has 0 aromatic rings. The van der Waals surface area contributed by atoms with Gasteiger partial charge >= 0.3 is 5.97 Å². The Morgan fingerprint density at radius 1 is 1.00 bits per heavy atom. The number of hydrogen-bond acceptors (Lipinski definition) is 8. The third kappa shape index (κ3) is 5.15. The number of carbonyl (C=O) groups excluding carboxylic acids is 1. The van der Waals surface area contributed by atoms with Crippen molar-refractivity contribution < 1.29 is 19.7 Å². The minimum Gasteiger partial charge on any atom is -0.511 e.